The topological polar surface area (TPSA) is 155 Å². The molecule has 4 rings (SSSR count). The van der Waals surface area contributed by atoms with Gasteiger partial charge < -0.3 is 20.0 Å². The van der Waals surface area contributed by atoms with Crippen molar-refractivity contribution in [3.63, 3.8) is 0 Å². The van der Waals surface area contributed by atoms with Crippen LogP contribution in [0.4, 0.5) is 4.79 Å². The number of ketones is 1. The summed E-state index contributed by atoms with van der Waals surface area (Å²) in [6, 6.07) is 12.1. The van der Waals surface area contributed by atoms with Gasteiger partial charge in [-0.3, -0.25) is 14.4 Å². The number of carbonyl (C=O) groups excluding carboxylic acids is 4. The number of urea groups is 1. The summed E-state index contributed by atoms with van der Waals surface area (Å²) in [5.74, 6) is -1.39. The van der Waals surface area contributed by atoms with Gasteiger partial charge in [0.15, 0.2) is 11.5 Å². The number of benzene rings is 2. The van der Waals surface area contributed by atoms with Gasteiger partial charge in [-0.05, 0) is 56.4 Å². The van der Waals surface area contributed by atoms with E-state index in [4.69, 9.17) is 4.42 Å². The molecule has 1 saturated heterocycles. The number of fused-ring (bicyclic) bond motifs is 1. The zero-order valence-corrected chi connectivity index (χ0v) is 24.0. The Morgan fingerprint density at radius 3 is 2.46 bits per heavy atom. The Morgan fingerprint density at radius 1 is 1.07 bits per heavy atom. The number of hydrogen-bond donors (Lipinski definition) is 3. The fourth-order valence-electron chi connectivity index (χ4n) is 4.60. The summed E-state index contributed by atoms with van der Waals surface area (Å²) >= 11 is 0. The molecule has 218 valence electrons. The molecule has 3 N–H and O–H groups in total. The predicted octanol–water partition coefficient (Wildman–Crippen LogP) is 3.13. The standard InChI is InChI=1S/C29H34N4O7S/c1-18(2)15-23(31-28(36)26-16-20-7-4-5-9-25(20)40-26)27(35)30-22-8-6-14-33(17-24(22)34)29(37)32-41(38,39)21-12-10-19(3)11-13-21/h4-5,7,9-13,16,18,22-23H,6,8,14-15,17H2,1-3H3,(H,30,35)(H,31,36)(H,32,37)/t22?,23-/m0/s1. The van der Waals surface area contributed by atoms with Crippen molar-refractivity contribution in [1.29, 1.82) is 0 Å². The number of para-hydroxylation sites is 1. The first-order chi connectivity index (χ1) is 19.4. The minimum absolute atomic E-state index is 0.0567. The van der Waals surface area contributed by atoms with Crippen LogP contribution in [0.3, 0.4) is 0 Å². The summed E-state index contributed by atoms with van der Waals surface area (Å²) in [5, 5.41) is 6.20. The highest BCUT2D eigenvalue weighted by Crippen LogP contribution is 2.19. The van der Waals surface area contributed by atoms with Gasteiger partial charge in [0.2, 0.25) is 5.91 Å². The van der Waals surface area contributed by atoms with E-state index in [0.29, 0.717) is 18.4 Å². The smallest absolute Gasteiger partial charge is 0.331 e. The monoisotopic (exact) mass is 582 g/mol. The van der Waals surface area contributed by atoms with Crippen molar-refractivity contribution < 1.29 is 32.0 Å². The van der Waals surface area contributed by atoms with Gasteiger partial charge in [-0.1, -0.05) is 49.7 Å². The Hall–Kier alpha value is -4.19. The molecule has 2 atom stereocenters. The van der Waals surface area contributed by atoms with Crippen LogP contribution in [0.5, 0.6) is 0 Å². The molecule has 41 heavy (non-hydrogen) atoms. The molecular weight excluding hydrogens is 548 g/mol. The van der Waals surface area contributed by atoms with Gasteiger partial charge in [0.1, 0.15) is 11.6 Å². The van der Waals surface area contributed by atoms with Crippen molar-refractivity contribution in [2.45, 2.75) is 57.0 Å². The molecule has 12 heteroatoms. The number of nitrogens with one attached hydrogen (secondary N) is 3. The van der Waals surface area contributed by atoms with E-state index in [2.05, 4.69) is 10.6 Å². The van der Waals surface area contributed by atoms with E-state index >= 15 is 0 Å². The minimum atomic E-state index is -4.12. The maximum atomic E-state index is 13.2. The van der Waals surface area contributed by atoms with E-state index < -0.39 is 45.7 Å². The Morgan fingerprint density at radius 2 is 1.78 bits per heavy atom. The first-order valence-electron chi connectivity index (χ1n) is 13.4. The molecule has 2 aromatic carbocycles. The van der Waals surface area contributed by atoms with Gasteiger partial charge in [0.25, 0.3) is 15.9 Å². The van der Waals surface area contributed by atoms with Crippen LogP contribution in [0.25, 0.3) is 11.0 Å². The number of hydrogen-bond acceptors (Lipinski definition) is 7. The van der Waals surface area contributed by atoms with Crippen LogP contribution in [-0.2, 0) is 19.6 Å². The highest BCUT2D eigenvalue weighted by molar-refractivity contribution is 7.90. The van der Waals surface area contributed by atoms with Crippen LogP contribution >= 0.6 is 0 Å². The summed E-state index contributed by atoms with van der Waals surface area (Å²) in [7, 11) is -4.12. The molecule has 11 nitrogen and oxygen atoms in total. The molecule has 0 spiro atoms. The molecule has 0 bridgehead atoms. The minimum Gasteiger partial charge on any atom is -0.451 e. The van der Waals surface area contributed by atoms with Crippen molar-refractivity contribution in [2.75, 3.05) is 13.1 Å². The van der Waals surface area contributed by atoms with Gasteiger partial charge in [0.05, 0.1) is 17.5 Å². The van der Waals surface area contributed by atoms with E-state index in [9.17, 15) is 27.6 Å². The summed E-state index contributed by atoms with van der Waals surface area (Å²) < 4.78 is 32.9. The lowest BCUT2D eigenvalue weighted by Gasteiger charge is -2.23. The summed E-state index contributed by atoms with van der Waals surface area (Å²) in [5.41, 5.74) is 1.41. The second-order valence-corrected chi connectivity index (χ2v) is 12.3. The zero-order chi connectivity index (χ0) is 29.7. The first kappa shape index (κ1) is 29.8. The molecule has 1 fully saturated rings. The summed E-state index contributed by atoms with van der Waals surface area (Å²) in [6.07, 6.45) is 0.934. The van der Waals surface area contributed by atoms with Crippen LogP contribution in [0.2, 0.25) is 0 Å². The van der Waals surface area contributed by atoms with E-state index in [0.717, 1.165) is 15.8 Å². The molecule has 0 radical (unpaired) electrons. The Balaban J connectivity index is 1.38. The SMILES string of the molecule is Cc1ccc(S(=O)(=O)NC(=O)N2CCCC(NC(=O)[C@H](CC(C)C)NC(=O)c3cc4ccccc4o3)C(=O)C2)cc1. The number of furan rings is 1. The largest absolute Gasteiger partial charge is 0.451 e. The third-order valence-electron chi connectivity index (χ3n) is 6.79. The average Bonchev–Trinajstić information content (AvgIpc) is 3.27. The Labute approximate surface area is 238 Å². The second-order valence-electron chi connectivity index (χ2n) is 10.6. The number of nitrogens with zero attached hydrogens (tertiary/aromatic N) is 1. The van der Waals surface area contributed by atoms with Crippen LogP contribution in [0, 0.1) is 12.8 Å². The van der Waals surface area contributed by atoms with Crippen LogP contribution in [0.15, 0.2) is 63.9 Å². The molecule has 3 aromatic rings. The van der Waals surface area contributed by atoms with E-state index in [-0.39, 0.29) is 36.1 Å². The van der Waals surface area contributed by atoms with E-state index in [1.165, 1.54) is 12.1 Å². The number of Topliss-reactive ketones (excluding diaryl/α,β-unsaturated/α-hetero) is 1. The van der Waals surface area contributed by atoms with Crippen LogP contribution in [-0.4, -0.2) is 62.1 Å². The third kappa shape index (κ3) is 7.51. The molecule has 0 saturated carbocycles. The number of carbonyl (C=O) groups is 4. The second kappa shape index (κ2) is 12.5. The maximum absolute atomic E-state index is 13.2. The summed E-state index contributed by atoms with van der Waals surface area (Å²) in [6.45, 7) is 5.38. The fraction of sp³-hybridized carbons (Fsp3) is 0.379. The number of likely N-dealkylation sites (tertiary alicyclic amines) is 1. The fourth-order valence-corrected chi connectivity index (χ4v) is 5.58. The Kier molecular flexibility index (Phi) is 9.11. The third-order valence-corrected chi connectivity index (χ3v) is 8.13. The molecule has 0 aliphatic carbocycles. The summed E-state index contributed by atoms with van der Waals surface area (Å²) in [4.78, 5) is 53.0. The quantitative estimate of drug-likeness (QED) is 0.369. The van der Waals surface area contributed by atoms with Gasteiger partial charge in [-0.2, -0.15) is 0 Å². The van der Waals surface area contributed by atoms with Crippen molar-refractivity contribution in [1.82, 2.24) is 20.3 Å². The average molecular weight is 583 g/mol. The number of aryl methyl sites for hydroxylation is 1. The van der Waals surface area contributed by atoms with Gasteiger partial charge in [-0.25, -0.2) is 17.9 Å². The van der Waals surface area contributed by atoms with E-state index in [1.807, 2.05) is 37.6 Å². The molecule has 4 amide bonds. The Bertz CT molecular complexity index is 1510. The first-order valence-corrected chi connectivity index (χ1v) is 14.9. The lowest BCUT2D eigenvalue weighted by molar-refractivity contribution is -0.129. The number of sulfonamides is 1. The van der Waals surface area contributed by atoms with Crippen molar-refractivity contribution in [3.8, 4) is 0 Å². The van der Waals surface area contributed by atoms with Crippen molar-refractivity contribution in [2.24, 2.45) is 5.92 Å². The molecule has 1 unspecified atom stereocenters. The van der Waals surface area contributed by atoms with Gasteiger partial charge >= 0.3 is 6.03 Å². The van der Waals surface area contributed by atoms with Crippen LogP contribution in [0.1, 0.15) is 49.2 Å². The normalized spacial score (nSPS) is 16.7. The highest BCUT2D eigenvalue weighted by Gasteiger charge is 2.32. The van der Waals surface area contributed by atoms with E-state index in [1.54, 1.807) is 30.3 Å². The maximum Gasteiger partial charge on any atom is 0.331 e. The van der Waals surface area contributed by atoms with Crippen molar-refractivity contribution in [3.05, 3.63) is 65.9 Å². The molecular formula is C29H34N4O7S. The van der Waals surface area contributed by atoms with Gasteiger partial charge in [-0.15, -0.1) is 0 Å². The van der Waals surface area contributed by atoms with Crippen LogP contribution < -0.4 is 15.4 Å². The van der Waals surface area contributed by atoms with Crippen molar-refractivity contribution >= 4 is 44.6 Å². The molecule has 1 aromatic heterocycles. The van der Waals surface area contributed by atoms with Gasteiger partial charge in [0, 0.05) is 11.9 Å². The molecule has 1 aliphatic heterocycles. The number of amides is 4. The zero-order valence-electron chi connectivity index (χ0n) is 23.2. The predicted molar refractivity (Wildman–Crippen MR) is 152 cm³/mol. The molecule has 1 aliphatic rings. The lowest BCUT2D eigenvalue weighted by atomic mass is 10.0. The highest BCUT2D eigenvalue weighted by atomic mass is 32.2. The lowest BCUT2D eigenvalue weighted by Crippen LogP contribution is -2.53. The molecule has 2 heterocycles. The number of rotatable bonds is 8.